The number of carbonyl (C=O) groups is 2. The predicted molar refractivity (Wildman–Crippen MR) is 97.9 cm³/mol. The Balaban J connectivity index is 2.21. The van der Waals surface area contributed by atoms with Crippen molar-refractivity contribution in [3.63, 3.8) is 0 Å². The number of amides is 2. The first-order chi connectivity index (χ1) is 12.9. The molecule has 1 unspecified atom stereocenters. The topological polar surface area (TPSA) is 111 Å². The Kier molecular flexibility index (Phi) is 5.09. The summed E-state index contributed by atoms with van der Waals surface area (Å²) in [5.41, 5.74) is 0.997. The molecule has 2 aromatic carbocycles. The Labute approximate surface area is 158 Å². The molecule has 2 aromatic rings. The fourth-order valence-corrected chi connectivity index (χ4v) is 3.01. The third kappa shape index (κ3) is 3.61. The second-order valence-electron chi connectivity index (χ2n) is 5.65. The number of hydrogen-bond donors (Lipinski definition) is 2. The van der Waals surface area contributed by atoms with Crippen LogP contribution < -0.4 is 10.6 Å². The molecule has 2 amide bonds. The summed E-state index contributed by atoms with van der Waals surface area (Å²) in [4.78, 5) is 35.3. The van der Waals surface area contributed by atoms with Gasteiger partial charge in [-0.15, -0.1) is 0 Å². The fraction of sp³-hybridized carbons (Fsp3) is 0.111. The molecule has 0 aromatic heterocycles. The van der Waals surface area contributed by atoms with Crippen molar-refractivity contribution in [2.24, 2.45) is 0 Å². The number of methoxy groups -OCH3 is 1. The molecule has 138 valence electrons. The molecule has 0 spiro atoms. The molecule has 1 aliphatic heterocycles. The minimum Gasteiger partial charge on any atom is -0.466 e. The monoisotopic (exact) mass is 387 g/mol. The number of nitro benzene ring substituents is 1. The van der Waals surface area contributed by atoms with E-state index < -0.39 is 23.0 Å². The molecule has 9 heteroatoms. The van der Waals surface area contributed by atoms with E-state index in [2.05, 4.69) is 10.6 Å². The standard InChI is InChI=1S/C18H14ClN3O5/c1-27-17(23)14-15(10-5-3-2-4-6-10)20-18(24)21-16(14)11-7-8-12(19)13(9-11)22(25)26/h2-9,16H,1H3,(H2,20,21,24). The number of benzene rings is 2. The maximum atomic E-state index is 12.5. The van der Waals surface area contributed by atoms with Gasteiger partial charge in [0.15, 0.2) is 0 Å². The van der Waals surface area contributed by atoms with Gasteiger partial charge in [-0.05, 0) is 17.2 Å². The van der Waals surface area contributed by atoms with Crippen LogP contribution in [0.15, 0.2) is 54.1 Å². The smallest absolute Gasteiger partial charge is 0.338 e. The van der Waals surface area contributed by atoms with Gasteiger partial charge < -0.3 is 15.4 Å². The Morgan fingerprint density at radius 3 is 2.56 bits per heavy atom. The highest BCUT2D eigenvalue weighted by Gasteiger charge is 2.35. The van der Waals surface area contributed by atoms with Crippen LogP contribution in [0.3, 0.4) is 0 Å². The molecule has 8 nitrogen and oxygen atoms in total. The van der Waals surface area contributed by atoms with E-state index in [4.69, 9.17) is 16.3 Å². The van der Waals surface area contributed by atoms with Gasteiger partial charge in [0.25, 0.3) is 5.69 Å². The first kappa shape index (κ1) is 18.4. The zero-order valence-electron chi connectivity index (χ0n) is 14.1. The van der Waals surface area contributed by atoms with E-state index in [0.29, 0.717) is 11.1 Å². The molecule has 1 heterocycles. The first-order valence-electron chi connectivity index (χ1n) is 7.81. The molecule has 0 radical (unpaired) electrons. The Bertz CT molecular complexity index is 959. The fourth-order valence-electron chi connectivity index (χ4n) is 2.83. The van der Waals surface area contributed by atoms with Crippen LogP contribution in [0, 0.1) is 10.1 Å². The van der Waals surface area contributed by atoms with Crippen molar-refractivity contribution in [3.05, 3.63) is 80.4 Å². The summed E-state index contributed by atoms with van der Waals surface area (Å²) in [6, 6.07) is 11.4. The van der Waals surface area contributed by atoms with Crippen molar-refractivity contribution < 1.29 is 19.2 Å². The molecule has 0 saturated carbocycles. The van der Waals surface area contributed by atoms with E-state index in [0.717, 1.165) is 0 Å². The van der Waals surface area contributed by atoms with Crippen molar-refractivity contribution in [3.8, 4) is 0 Å². The summed E-state index contributed by atoms with van der Waals surface area (Å²) in [7, 11) is 1.22. The van der Waals surface area contributed by atoms with E-state index in [-0.39, 0.29) is 22.0 Å². The predicted octanol–water partition coefficient (Wildman–Crippen LogP) is 3.19. The van der Waals surface area contributed by atoms with Crippen LogP contribution in [-0.2, 0) is 9.53 Å². The Morgan fingerprint density at radius 1 is 1.22 bits per heavy atom. The number of carbonyl (C=O) groups excluding carboxylic acids is 2. The normalized spacial score (nSPS) is 16.4. The van der Waals surface area contributed by atoms with Crippen molar-refractivity contribution in [1.29, 1.82) is 0 Å². The number of rotatable bonds is 4. The van der Waals surface area contributed by atoms with E-state index in [1.807, 2.05) is 0 Å². The second-order valence-corrected chi connectivity index (χ2v) is 6.05. The van der Waals surface area contributed by atoms with E-state index in [9.17, 15) is 19.7 Å². The molecule has 0 fully saturated rings. The number of ether oxygens (including phenoxy) is 1. The minimum atomic E-state index is -0.947. The number of hydrogen-bond acceptors (Lipinski definition) is 5. The molecule has 0 aliphatic carbocycles. The van der Waals surface area contributed by atoms with E-state index in [1.54, 1.807) is 30.3 Å². The number of nitro groups is 1. The molecular weight excluding hydrogens is 374 g/mol. The average Bonchev–Trinajstić information content (AvgIpc) is 2.67. The highest BCUT2D eigenvalue weighted by atomic mass is 35.5. The lowest BCUT2D eigenvalue weighted by atomic mass is 9.92. The molecule has 0 saturated heterocycles. The van der Waals surface area contributed by atoms with Gasteiger partial charge in [0.2, 0.25) is 0 Å². The molecule has 3 rings (SSSR count). The molecule has 1 atom stereocenters. The quantitative estimate of drug-likeness (QED) is 0.475. The molecule has 0 bridgehead atoms. The van der Waals surface area contributed by atoms with Crippen molar-refractivity contribution in [1.82, 2.24) is 10.6 Å². The lowest BCUT2D eigenvalue weighted by molar-refractivity contribution is -0.384. The van der Waals surface area contributed by atoms with Gasteiger partial charge in [0.1, 0.15) is 5.02 Å². The van der Waals surface area contributed by atoms with Crippen LogP contribution in [-0.4, -0.2) is 24.0 Å². The van der Waals surface area contributed by atoms with Gasteiger partial charge in [-0.25, -0.2) is 9.59 Å². The van der Waals surface area contributed by atoms with Crippen LogP contribution in [0.2, 0.25) is 5.02 Å². The summed E-state index contributed by atoms with van der Waals surface area (Å²) in [5.74, 6) is -0.677. The largest absolute Gasteiger partial charge is 0.466 e. The first-order valence-corrected chi connectivity index (χ1v) is 8.19. The molecule has 2 N–H and O–H groups in total. The van der Waals surface area contributed by atoms with Crippen LogP contribution in [0.1, 0.15) is 17.2 Å². The van der Waals surface area contributed by atoms with Crippen LogP contribution >= 0.6 is 11.6 Å². The number of esters is 1. The lowest BCUT2D eigenvalue weighted by Gasteiger charge is -2.29. The number of urea groups is 1. The number of nitrogens with zero attached hydrogens (tertiary/aromatic N) is 1. The zero-order valence-corrected chi connectivity index (χ0v) is 14.8. The van der Waals surface area contributed by atoms with Crippen molar-refractivity contribution in [2.75, 3.05) is 7.11 Å². The summed E-state index contributed by atoms with van der Waals surface area (Å²) >= 11 is 5.86. The second kappa shape index (κ2) is 7.46. The maximum Gasteiger partial charge on any atom is 0.338 e. The van der Waals surface area contributed by atoms with Crippen LogP contribution in [0.5, 0.6) is 0 Å². The van der Waals surface area contributed by atoms with Crippen LogP contribution in [0.25, 0.3) is 5.70 Å². The Hall–Kier alpha value is -3.39. The average molecular weight is 388 g/mol. The van der Waals surface area contributed by atoms with Crippen LogP contribution in [0.4, 0.5) is 10.5 Å². The van der Waals surface area contributed by atoms with Crippen molar-refractivity contribution in [2.45, 2.75) is 6.04 Å². The third-order valence-electron chi connectivity index (χ3n) is 4.04. The highest BCUT2D eigenvalue weighted by molar-refractivity contribution is 6.32. The van der Waals surface area contributed by atoms with Gasteiger partial charge in [0, 0.05) is 6.07 Å². The Morgan fingerprint density at radius 2 is 1.93 bits per heavy atom. The summed E-state index contributed by atoms with van der Waals surface area (Å²) < 4.78 is 4.88. The van der Waals surface area contributed by atoms with E-state index >= 15 is 0 Å². The number of nitrogens with one attached hydrogen (secondary N) is 2. The van der Waals surface area contributed by atoms with Gasteiger partial charge in [-0.3, -0.25) is 10.1 Å². The number of halogens is 1. The molecule has 27 heavy (non-hydrogen) atoms. The summed E-state index contributed by atoms with van der Waals surface area (Å²) in [6.07, 6.45) is 0. The SMILES string of the molecule is COC(=O)C1=C(c2ccccc2)NC(=O)NC1c1ccc(Cl)c([N+](=O)[O-])c1. The maximum absolute atomic E-state index is 12.5. The highest BCUT2D eigenvalue weighted by Crippen LogP contribution is 2.35. The van der Waals surface area contributed by atoms with Gasteiger partial charge in [-0.2, -0.15) is 0 Å². The van der Waals surface area contributed by atoms with E-state index in [1.165, 1.54) is 25.3 Å². The summed E-state index contributed by atoms with van der Waals surface area (Å²) in [6.45, 7) is 0. The molecule has 1 aliphatic rings. The van der Waals surface area contributed by atoms with Crippen molar-refractivity contribution >= 4 is 35.0 Å². The zero-order chi connectivity index (χ0) is 19.6. The summed E-state index contributed by atoms with van der Waals surface area (Å²) in [5, 5.41) is 16.4. The van der Waals surface area contributed by atoms with Gasteiger partial charge in [-0.1, -0.05) is 48.0 Å². The third-order valence-corrected chi connectivity index (χ3v) is 4.36. The molecular formula is C18H14ClN3O5. The lowest BCUT2D eigenvalue weighted by Crippen LogP contribution is -2.45. The van der Waals surface area contributed by atoms with Gasteiger partial charge in [0.05, 0.1) is 29.3 Å². The van der Waals surface area contributed by atoms with Gasteiger partial charge >= 0.3 is 12.0 Å². The minimum absolute atomic E-state index is 0.0455.